The van der Waals surface area contributed by atoms with Gasteiger partial charge in [-0.15, -0.1) is 0 Å². The van der Waals surface area contributed by atoms with Gasteiger partial charge in [0.2, 0.25) is 0 Å². The maximum Gasteiger partial charge on any atom is 0.152 e. The van der Waals surface area contributed by atoms with Crippen molar-refractivity contribution in [3.8, 4) is 0 Å². The molecule has 7 heavy (non-hydrogen) atoms. The summed E-state index contributed by atoms with van der Waals surface area (Å²) in [7, 11) is 0. The van der Waals surface area contributed by atoms with Crippen molar-refractivity contribution >= 4 is 19.1 Å². The molecule has 0 heterocycles. The van der Waals surface area contributed by atoms with Crippen molar-refractivity contribution < 1.29 is 13.9 Å². The monoisotopic (exact) mass is 130 g/mol. The SMILES string of the molecule is C=O.N.N.OSO. The predicted octanol–water partition coefficient (Wildman–Crippen LogP) is 0.805. The summed E-state index contributed by atoms with van der Waals surface area (Å²) in [5, 5.41) is 0. The molecule has 0 atom stereocenters. The van der Waals surface area contributed by atoms with E-state index in [-0.39, 0.29) is 24.6 Å². The summed E-state index contributed by atoms with van der Waals surface area (Å²) in [5.74, 6) is 0. The Bertz CT molecular complexity index is 16.9. The van der Waals surface area contributed by atoms with E-state index in [0.717, 1.165) is 0 Å². The Balaban J connectivity index is -0.0000000105. The van der Waals surface area contributed by atoms with Crippen LogP contribution in [0.2, 0.25) is 0 Å². The standard InChI is InChI=1S/CH2O.2H3N.H2O2S/c1-2;;;1-3-2/h1H2;2*1H3;1-2H. The lowest BCUT2D eigenvalue weighted by Crippen LogP contribution is -1.31. The van der Waals surface area contributed by atoms with E-state index in [1.54, 1.807) is 0 Å². The summed E-state index contributed by atoms with van der Waals surface area (Å²) in [6.07, 6.45) is 0. The lowest BCUT2D eigenvalue weighted by atomic mass is 11.9. The molecule has 0 unspecified atom stereocenters. The van der Waals surface area contributed by atoms with Crippen LogP contribution in [0.5, 0.6) is 0 Å². The van der Waals surface area contributed by atoms with Gasteiger partial charge in [-0.3, -0.25) is 0 Å². The van der Waals surface area contributed by atoms with Gasteiger partial charge >= 0.3 is 0 Å². The highest BCUT2D eigenvalue weighted by atomic mass is 32.2. The van der Waals surface area contributed by atoms with Crippen LogP contribution in [-0.2, 0) is 4.79 Å². The van der Waals surface area contributed by atoms with E-state index in [1.165, 1.54) is 0 Å². The fourth-order valence-corrected chi connectivity index (χ4v) is 0. The number of rotatable bonds is 0. The zero-order chi connectivity index (χ0) is 4.71. The normalized spacial score (nSPS) is 3.14. The van der Waals surface area contributed by atoms with Crippen molar-refractivity contribution in [2.24, 2.45) is 0 Å². The van der Waals surface area contributed by atoms with Crippen LogP contribution in [0.1, 0.15) is 0 Å². The number of carbonyl (C=O) groups excluding carboxylic acids is 1. The molecule has 0 saturated carbocycles. The Morgan fingerprint density at radius 3 is 1.14 bits per heavy atom. The smallest absolute Gasteiger partial charge is 0.152 e. The number of hydrogen-bond donors (Lipinski definition) is 4. The highest BCUT2D eigenvalue weighted by Gasteiger charge is 1.36. The minimum Gasteiger partial charge on any atom is -0.344 e. The highest BCUT2D eigenvalue weighted by molar-refractivity contribution is 7.87. The van der Waals surface area contributed by atoms with Crippen LogP contribution in [0.3, 0.4) is 0 Å². The van der Waals surface area contributed by atoms with Crippen LogP contribution < -0.4 is 12.3 Å². The minimum atomic E-state index is -0.250. The summed E-state index contributed by atoms with van der Waals surface area (Å²) in [6, 6.07) is 0. The van der Waals surface area contributed by atoms with Gasteiger partial charge in [-0.05, 0) is 0 Å². The first-order valence-corrected chi connectivity index (χ1v) is 1.38. The molecule has 0 aliphatic carbocycles. The van der Waals surface area contributed by atoms with Crippen LogP contribution in [0, 0.1) is 0 Å². The maximum absolute atomic E-state index is 8.00. The Morgan fingerprint density at radius 2 is 1.14 bits per heavy atom. The van der Waals surface area contributed by atoms with Gasteiger partial charge in [0, 0.05) is 0 Å². The van der Waals surface area contributed by atoms with Gasteiger partial charge < -0.3 is 26.2 Å². The fraction of sp³-hybridized carbons (Fsp3) is 0. The second-order valence-corrected chi connectivity index (χ2v) is 0.245. The van der Waals surface area contributed by atoms with Gasteiger partial charge in [-0.1, -0.05) is 0 Å². The van der Waals surface area contributed by atoms with Crippen LogP contribution >= 0.6 is 12.3 Å². The maximum atomic E-state index is 8.00. The lowest BCUT2D eigenvalue weighted by Gasteiger charge is -1.51. The van der Waals surface area contributed by atoms with Crippen molar-refractivity contribution in [1.82, 2.24) is 12.3 Å². The molecule has 0 spiro atoms. The topological polar surface area (TPSA) is 128 Å². The van der Waals surface area contributed by atoms with Crippen molar-refractivity contribution in [1.29, 1.82) is 0 Å². The van der Waals surface area contributed by atoms with E-state index in [0.29, 0.717) is 0 Å². The van der Waals surface area contributed by atoms with Crippen LogP contribution in [0.15, 0.2) is 0 Å². The fourth-order valence-electron chi connectivity index (χ4n) is 0. The average Bonchev–Trinajstić information content (AvgIpc) is 1.46. The van der Waals surface area contributed by atoms with Gasteiger partial charge in [0.05, 0.1) is 0 Å². The van der Waals surface area contributed by atoms with E-state index in [9.17, 15) is 0 Å². The molecule has 0 rings (SSSR count). The molecule has 0 saturated heterocycles. The zero-order valence-corrected chi connectivity index (χ0v) is 4.65. The summed E-state index contributed by atoms with van der Waals surface area (Å²) >= 11 is -0.250. The van der Waals surface area contributed by atoms with Crippen molar-refractivity contribution in [3.63, 3.8) is 0 Å². The highest BCUT2D eigenvalue weighted by Crippen LogP contribution is 1.67. The quantitative estimate of drug-likeness (QED) is 0.359. The van der Waals surface area contributed by atoms with E-state index in [1.807, 2.05) is 6.79 Å². The summed E-state index contributed by atoms with van der Waals surface area (Å²) in [6.45, 7) is 2.00. The van der Waals surface area contributed by atoms with Gasteiger partial charge in [0.1, 0.15) is 6.79 Å². The van der Waals surface area contributed by atoms with E-state index in [4.69, 9.17) is 13.9 Å². The van der Waals surface area contributed by atoms with E-state index >= 15 is 0 Å². The third-order valence-electron chi connectivity index (χ3n) is 0. The van der Waals surface area contributed by atoms with Crippen molar-refractivity contribution in [3.05, 3.63) is 0 Å². The molecule has 0 bridgehead atoms. The van der Waals surface area contributed by atoms with E-state index < -0.39 is 0 Å². The van der Waals surface area contributed by atoms with Gasteiger partial charge in [-0.25, -0.2) is 0 Å². The van der Waals surface area contributed by atoms with Gasteiger partial charge in [0.25, 0.3) is 0 Å². The molecule has 0 aliphatic heterocycles. The third kappa shape index (κ3) is 4450. The first kappa shape index (κ1) is 28.8. The number of carbonyl (C=O) groups is 1. The third-order valence-corrected chi connectivity index (χ3v) is 0. The molecular weight excluding hydrogens is 120 g/mol. The molecule has 0 aliphatic rings. The molecule has 0 fully saturated rings. The summed E-state index contributed by atoms with van der Waals surface area (Å²) in [5.41, 5.74) is 0. The Kier molecular flexibility index (Phi) is 770. The molecule has 0 radical (unpaired) electrons. The second-order valence-electron chi connectivity index (χ2n) is 0.0816. The molecular formula is CH10N2O3S. The predicted molar refractivity (Wildman–Crippen MR) is 30.0 cm³/mol. The summed E-state index contributed by atoms with van der Waals surface area (Å²) in [4.78, 5) is 8.00. The van der Waals surface area contributed by atoms with Crippen LogP contribution in [0.4, 0.5) is 0 Å². The second kappa shape index (κ2) is 187. The largest absolute Gasteiger partial charge is 0.344 e. The molecule has 0 aromatic carbocycles. The van der Waals surface area contributed by atoms with Crippen molar-refractivity contribution in [2.75, 3.05) is 0 Å². The molecule has 0 aromatic rings. The molecule has 0 amide bonds. The Morgan fingerprint density at radius 1 is 1.14 bits per heavy atom. The van der Waals surface area contributed by atoms with Gasteiger partial charge in [-0.2, -0.15) is 0 Å². The van der Waals surface area contributed by atoms with Crippen molar-refractivity contribution in [2.45, 2.75) is 0 Å². The molecule has 6 heteroatoms. The molecule has 0 aromatic heterocycles. The van der Waals surface area contributed by atoms with Crippen LogP contribution in [0.25, 0.3) is 0 Å². The molecule has 48 valence electrons. The van der Waals surface area contributed by atoms with Gasteiger partial charge in [0.15, 0.2) is 12.3 Å². The molecule has 5 nitrogen and oxygen atoms in total. The first-order chi connectivity index (χ1) is 2.41. The van der Waals surface area contributed by atoms with Crippen LogP contribution in [-0.4, -0.2) is 15.9 Å². The number of hydrogen-bond acceptors (Lipinski definition) is 6. The average molecular weight is 130 g/mol. The minimum absolute atomic E-state index is 0. The first-order valence-electron chi connectivity index (χ1n) is 0.654. The Hall–Kier alpha value is -0.140. The summed E-state index contributed by atoms with van der Waals surface area (Å²) < 4.78 is 14.1. The Labute approximate surface area is 46.3 Å². The molecule has 8 N–H and O–H groups in total. The zero-order valence-electron chi connectivity index (χ0n) is 3.83. The lowest BCUT2D eigenvalue weighted by molar-refractivity contribution is -0.0979. The van der Waals surface area contributed by atoms with E-state index in [2.05, 4.69) is 0 Å².